The predicted octanol–water partition coefficient (Wildman–Crippen LogP) is 1.79. The van der Waals surface area contributed by atoms with Crippen LogP contribution in [0.15, 0.2) is 0 Å². The van der Waals surface area contributed by atoms with Crippen molar-refractivity contribution in [3.05, 3.63) is 0 Å². The van der Waals surface area contributed by atoms with E-state index >= 15 is 0 Å². The second kappa shape index (κ2) is 6.23. The van der Waals surface area contributed by atoms with E-state index in [9.17, 15) is 4.79 Å². The molecule has 1 saturated carbocycles. The number of likely N-dealkylation sites (tertiary alicyclic amines) is 1. The molecule has 4 heteroatoms. The Balaban J connectivity index is 1.75. The molecule has 2 rings (SSSR count). The Kier molecular flexibility index (Phi) is 4.85. The summed E-state index contributed by atoms with van der Waals surface area (Å²) in [6.07, 6.45) is 6.18. The van der Waals surface area contributed by atoms with E-state index in [1.807, 2.05) is 4.90 Å². The van der Waals surface area contributed by atoms with E-state index in [0.29, 0.717) is 18.7 Å². The summed E-state index contributed by atoms with van der Waals surface area (Å²) in [7, 11) is 1.77. The number of carbonyl (C=O) groups is 1. The maximum atomic E-state index is 12.2. The minimum absolute atomic E-state index is 0.133. The van der Waals surface area contributed by atoms with Crippen LogP contribution >= 0.6 is 0 Å². The Labute approximate surface area is 116 Å². The molecule has 2 atom stereocenters. The number of nitrogens with zero attached hydrogens (tertiary/aromatic N) is 1. The van der Waals surface area contributed by atoms with Crippen LogP contribution in [0.2, 0.25) is 0 Å². The Morgan fingerprint density at radius 2 is 1.89 bits per heavy atom. The van der Waals surface area contributed by atoms with Crippen LogP contribution in [-0.4, -0.2) is 49.7 Å². The van der Waals surface area contributed by atoms with Gasteiger partial charge in [-0.3, -0.25) is 4.79 Å². The number of rotatable bonds is 4. The number of amides is 1. The molecule has 0 radical (unpaired) electrons. The number of methoxy groups -OCH3 is 1. The van der Waals surface area contributed by atoms with E-state index in [0.717, 1.165) is 32.4 Å². The maximum absolute atomic E-state index is 12.2. The van der Waals surface area contributed by atoms with Crippen LogP contribution in [0.3, 0.4) is 0 Å². The normalized spacial score (nSPS) is 30.6. The molecule has 1 amide bonds. The van der Waals surface area contributed by atoms with E-state index in [1.54, 1.807) is 7.11 Å². The van der Waals surface area contributed by atoms with Gasteiger partial charge < -0.3 is 15.0 Å². The summed E-state index contributed by atoms with van der Waals surface area (Å²) >= 11 is 0. The first-order valence-corrected chi connectivity index (χ1v) is 7.59. The van der Waals surface area contributed by atoms with Crippen molar-refractivity contribution in [1.29, 1.82) is 0 Å². The van der Waals surface area contributed by atoms with E-state index in [2.05, 4.69) is 19.2 Å². The smallest absolute Gasteiger partial charge is 0.236 e. The highest BCUT2D eigenvalue weighted by atomic mass is 16.5. The Hall–Kier alpha value is -0.610. The predicted molar refractivity (Wildman–Crippen MR) is 76.0 cm³/mol. The minimum Gasteiger partial charge on any atom is -0.381 e. The first kappa shape index (κ1) is 14.8. The van der Waals surface area contributed by atoms with Crippen LogP contribution in [0.1, 0.15) is 46.0 Å². The molecule has 0 aromatic carbocycles. The van der Waals surface area contributed by atoms with Gasteiger partial charge >= 0.3 is 0 Å². The zero-order chi connectivity index (χ0) is 13.9. The van der Waals surface area contributed by atoms with E-state index in [-0.39, 0.29) is 11.3 Å². The van der Waals surface area contributed by atoms with Gasteiger partial charge in [0.2, 0.25) is 5.91 Å². The van der Waals surface area contributed by atoms with Crippen molar-refractivity contribution < 1.29 is 9.53 Å². The average Bonchev–Trinajstić information content (AvgIpc) is 2.66. The second-order valence-corrected chi connectivity index (χ2v) is 6.51. The molecule has 2 fully saturated rings. The largest absolute Gasteiger partial charge is 0.381 e. The van der Waals surface area contributed by atoms with Gasteiger partial charge in [0.25, 0.3) is 0 Å². The first-order valence-electron chi connectivity index (χ1n) is 7.59. The van der Waals surface area contributed by atoms with Gasteiger partial charge in [-0.1, -0.05) is 26.7 Å². The van der Waals surface area contributed by atoms with Gasteiger partial charge in [0.05, 0.1) is 12.6 Å². The van der Waals surface area contributed by atoms with Gasteiger partial charge in [0.15, 0.2) is 0 Å². The molecule has 0 aromatic rings. The second-order valence-electron chi connectivity index (χ2n) is 6.51. The average molecular weight is 268 g/mol. The molecule has 2 aliphatic rings. The van der Waals surface area contributed by atoms with E-state index in [1.165, 1.54) is 12.8 Å². The number of ether oxygens (including phenoxy) is 1. The number of carbonyl (C=O) groups excluding carboxylic acids is 1. The van der Waals surface area contributed by atoms with Crippen LogP contribution in [0, 0.1) is 5.41 Å². The molecule has 0 spiro atoms. The number of hydrogen-bond donors (Lipinski definition) is 1. The standard InChI is InChI=1S/C15H28N2O2/c1-15(2)12(10-13(15)19-3)16-11-14(18)17-8-6-4-5-7-9-17/h12-13,16H,4-11H2,1-3H3. The molecule has 19 heavy (non-hydrogen) atoms. The van der Waals surface area contributed by atoms with Crippen molar-refractivity contribution in [3.8, 4) is 0 Å². The molecule has 1 N–H and O–H groups in total. The van der Waals surface area contributed by atoms with Gasteiger partial charge in [-0.25, -0.2) is 0 Å². The molecule has 0 aromatic heterocycles. The van der Waals surface area contributed by atoms with Gasteiger partial charge in [0.1, 0.15) is 0 Å². The van der Waals surface area contributed by atoms with Crippen LogP contribution in [0.4, 0.5) is 0 Å². The van der Waals surface area contributed by atoms with Gasteiger partial charge in [-0.05, 0) is 19.3 Å². The fourth-order valence-electron chi connectivity index (χ4n) is 3.27. The lowest BCUT2D eigenvalue weighted by atomic mass is 9.64. The first-order chi connectivity index (χ1) is 9.05. The van der Waals surface area contributed by atoms with Gasteiger partial charge in [-0.15, -0.1) is 0 Å². The summed E-state index contributed by atoms with van der Waals surface area (Å²) in [6, 6.07) is 0.397. The van der Waals surface area contributed by atoms with Gasteiger partial charge in [0, 0.05) is 31.7 Å². The number of hydrogen-bond acceptors (Lipinski definition) is 3. The molecular formula is C15H28N2O2. The van der Waals surface area contributed by atoms with Crippen molar-refractivity contribution in [1.82, 2.24) is 10.2 Å². The van der Waals surface area contributed by atoms with Crippen LogP contribution in [0.25, 0.3) is 0 Å². The van der Waals surface area contributed by atoms with Crippen molar-refractivity contribution >= 4 is 5.91 Å². The summed E-state index contributed by atoms with van der Waals surface area (Å²) in [5.74, 6) is 0.263. The van der Waals surface area contributed by atoms with E-state index < -0.39 is 0 Å². The molecule has 4 nitrogen and oxygen atoms in total. The van der Waals surface area contributed by atoms with Crippen molar-refractivity contribution in [3.63, 3.8) is 0 Å². The minimum atomic E-state index is 0.133. The molecule has 2 unspecified atom stereocenters. The van der Waals surface area contributed by atoms with Crippen molar-refractivity contribution in [2.75, 3.05) is 26.7 Å². The fourth-order valence-corrected chi connectivity index (χ4v) is 3.27. The monoisotopic (exact) mass is 268 g/mol. The number of nitrogens with one attached hydrogen (secondary N) is 1. The van der Waals surface area contributed by atoms with Crippen molar-refractivity contribution in [2.45, 2.75) is 58.1 Å². The Bertz CT molecular complexity index is 309. The summed E-state index contributed by atoms with van der Waals surface area (Å²) in [4.78, 5) is 14.2. The summed E-state index contributed by atoms with van der Waals surface area (Å²) in [5.41, 5.74) is 0.133. The third kappa shape index (κ3) is 3.29. The molecule has 1 aliphatic heterocycles. The highest BCUT2D eigenvalue weighted by molar-refractivity contribution is 5.78. The topological polar surface area (TPSA) is 41.6 Å². The van der Waals surface area contributed by atoms with Crippen LogP contribution in [-0.2, 0) is 9.53 Å². The third-order valence-electron chi connectivity index (χ3n) is 4.92. The highest BCUT2D eigenvalue weighted by Crippen LogP contribution is 2.42. The molecule has 110 valence electrons. The summed E-state index contributed by atoms with van der Waals surface area (Å²) < 4.78 is 5.44. The highest BCUT2D eigenvalue weighted by Gasteiger charge is 2.48. The molecule has 0 bridgehead atoms. The van der Waals surface area contributed by atoms with Gasteiger partial charge in [-0.2, -0.15) is 0 Å². The lowest BCUT2D eigenvalue weighted by Crippen LogP contribution is -2.61. The molecular weight excluding hydrogens is 240 g/mol. The van der Waals surface area contributed by atoms with Crippen molar-refractivity contribution in [2.24, 2.45) is 5.41 Å². The van der Waals surface area contributed by atoms with Crippen LogP contribution in [0.5, 0.6) is 0 Å². The summed E-state index contributed by atoms with van der Waals surface area (Å²) in [5, 5.41) is 3.42. The third-order valence-corrected chi connectivity index (χ3v) is 4.92. The lowest BCUT2D eigenvalue weighted by Gasteiger charge is -2.51. The quantitative estimate of drug-likeness (QED) is 0.845. The lowest BCUT2D eigenvalue weighted by molar-refractivity contribution is -0.132. The zero-order valence-corrected chi connectivity index (χ0v) is 12.6. The Morgan fingerprint density at radius 3 is 2.42 bits per heavy atom. The molecule has 1 saturated heterocycles. The molecule has 1 heterocycles. The maximum Gasteiger partial charge on any atom is 0.236 e. The van der Waals surface area contributed by atoms with E-state index in [4.69, 9.17) is 4.74 Å². The van der Waals surface area contributed by atoms with Crippen LogP contribution < -0.4 is 5.32 Å². The SMILES string of the molecule is COC1CC(NCC(=O)N2CCCCCC2)C1(C)C. The Morgan fingerprint density at radius 1 is 1.26 bits per heavy atom. The summed E-state index contributed by atoms with van der Waals surface area (Å²) in [6.45, 7) is 6.77. The fraction of sp³-hybridized carbons (Fsp3) is 0.933. The molecule has 1 aliphatic carbocycles. The zero-order valence-electron chi connectivity index (χ0n) is 12.6.